The largest absolute Gasteiger partial charge is 0.486 e. The second-order valence-corrected chi connectivity index (χ2v) is 6.26. The Balaban J connectivity index is 1.46. The number of rotatable bonds is 6. The molecule has 1 aromatic carbocycles. The molecule has 0 saturated heterocycles. The Hall–Kier alpha value is -3.32. The maximum atomic E-state index is 5.88. The minimum atomic E-state index is 0.246. The fraction of sp³-hybridized carbons (Fsp3) is 0.105. The zero-order valence-electron chi connectivity index (χ0n) is 14.4. The molecule has 0 amide bonds. The molecule has 0 aliphatic rings. The van der Waals surface area contributed by atoms with Crippen molar-refractivity contribution >= 4 is 23.2 Å². The maximum absolute atomic E-state index is 5.88. The molecule has 8 heteroatoms. The number of aryl methyl sites for hydroxylation is 1. The highest BCUT2D eigenvalue weighted by molar-refractivity contribution is 6.30. The summed E-state index contributed by atoms with van der Waals surface area (Å²) in [4.78, 5) is 8.89. The standard InChI is InChI=1S/C19H16ClN5O2/c1-12-9-17(22-18-10-15(24-25-18)16-3-2-8-26-16)23-19(21-12)11-27-14-6-4-13(20)5-7-14/h2-10H,11H2,1H3,(H2,21,22,23,24,25). The molecule has 0 aliphatic carbocycles. The monoisotopic (exact) mass is 381 g/mol. The lowest BCUT2D eigenvalue weighted by Crippen LogP contribution is -2.05. The lowest BCUT2D eigenvalue weighted by molar-refractivity contribution is 0.295. The van der Waals surface area contributed by atoms with Gasteiger partial charge in [-0.2, -0.15) is 5.10 Å². The van der Waals surface area contributed by atoms with Gasteiger partial charge < -0.3 is 14.5 Å². The van der Waals surface area contributed by atoms with Gasteiger partial charge in [0.2, 0.25) is 0 Å². The summed E-state index contributed by atoms with van der Waals surface area (Å²) in [5.41, 5.74) is 1.60. The van der Waals surface area contributed by atoms with Crippen LogP contribution in [0.15, 0.2) is 59.2 Å². The molecule has 27 heavy (non-hydrogen) atoms. The van der Waals surface area contributed by atoms with E-state index in [1.165, 1.54) is 0 Å². The van der Waals surface area contributed by atoms with Crippen molar-refractivity contribution in [3.05, 3.63) is 71.3 Å². The first-order chi connectivity index (χ1) is 13.2. The second kappa shape index (κ2) is 7.51. The summed E-state index contributed by atoms with van der Waals surface area (Å²) in [6.45, 7) is 2.15. The summed E-state index contributed by atoms with van der Waals surface area (Å²) in [6, 6.07) is 14.5. The van der Waals surface area contributed by atoms with Crippen LogP contribution in [0.1, 0.15) is 11.5 Å². The van der Waals surface area contributed by atoms with Crippen LogP contribution in [0.2, 0.25) is 5.02 Å². The van der Waals surface area contributed by atoms with Crippen molar-refractivity contribution in [3.8, 4) is 17.2 Å². The summed E-state index contributed by atoms with van der Waals surface area (Å²) in [7, 11) is 0. The van der Waals surface area contributed by atoms with E-state index in [0.29, 0.717) is 34.0 Å². The van der Waals surface area contributed by atoms with Crippen molar-refractivity contribution in [2.75, 3.05) is 5.32 Å². The molecule has 0 unspecified atom stereocenters. The van der Waals surface area contributed by atoms with E-state index in [0.717, 1.165) is 11.4 Å². The van der Waals surface area contributed by atoms with Crippen LogP contribution < -0.4 is 10.1 Å². The highest BCUT2D eigenvalue weighted by Crippen LogP contribution is 2.22. The average Bonchev–Trinajstić information content (AvgIpc) is 3.32. The van der Waals surface area contributed by atoms with Crippen molar-refractivity contribution < 1.29 is 9.15 Å². The molecule has 4 aromatic rings. The van der Waals surface area contributed by atoms with E-state index >= 15 is 0 Å². The van der Waals surface area contributed by atoms with Gasteiger partial charge in [0.1, 0.15) is 23.9 Å². The summed E-state index contributed by atoms with van der Waals surface area (Å²) < 4.78 is 11.1. The summed E-state index contributed by atoms with van der Waals surface area (Å²) in [5.74, 6) is 3.24. The molecule has 0 aliphatic heterocycles. The van der Waals surface area contributed by atoms with Crippen LogP contribution in [-0.2, 0) is 6.61 Å². The van der Waals surface area contributed by atoms with Gasteiger partial charge >= 0.3 is 0 Å². The van der Waals surface area contributed by atoms with Gasteiger partial charge in [0.05, 0.1) is 6.26 Å². The number of H-pyrrole nitrogens is 1. The number of nitrogens with one attached hydrogen (secondary N) is 2. The van der Waals surface area contributed by atoms with Gasteiger partial charge in [-0.3, -0.25) is 5.10 Å². The number of hydrogen-bond donors (Lipinski definition) is 2. The number of anilines is 2. The Bertz CT molecular complexity index is 1030. The molecular weight excluding hydrogens is 366 g/mol. The fourth-order valence-electron chi connectivity index (χ4n) is 2.51. The maximum Gasteiger partial charge on any atom is 0.168 e. The zero-order chi connectivity index (χ0) is 18.6. The molecule has 0 fully saturated rings. The molecule has 0 bridgehead atoms. The van der Waals surface area contributed by atoms with E-state index in [9.17, 15) is 0 Å². The van der Waals surface area contributed by atoms with Gasteiger partial charge in [0, 0.05) is 22.8 Å². The van der Waals surface area contributed by atoms with Crippen LogP contribution in [-0.4, -0.2) is 20.2 Å². The second-order valence-electron chi connectivity index (χ2n) is 5.82. The molecule has 0 radical (unpaired) electrons. The third-order valence-electron chi connectivity index (χ3n) is 3.70. The van der Waals surface area contributed by atoms with Gasteiger partial charge in [-0.1, -0.05) is 11.6 Å². The molecule has 3 aromatic heterocycles. The van der Waals surface area contributed by atoms with Crippen molar-refractivity contribution in [1.29, 1.82) is 0 Å². The summed E-state index contributed by atoms with van der Waals surface area (Å²) in [5, 5.41) is 11.0. The smallest absolute Gasteiger partial charge is 0.168 e. The molecule has 4 rings (SSSR count). The molecule has 136 valence electrons. The number of nitrogens with zero attached hydrogens (tertiary/aromatic N) is 3. The number of benzene rings is 1. The SMILES string of the molecule is Cc1cc(Nc2cc(-c3ccco3)[nH]n2)nc(COc2ccc(Cl)cc2)n1. The normalized spacial score (nSPS) is 10.7. The lowest BCUT2D eigenvalue weighted by Gasteiger charge is -2.08. The molecule has 0 spiro atoms. The summed E-state index contributed by atoms with van der Waals surface area (Å²) in [6.07, 6.45) is 1.62. The molecule has 2 N–H and O–H groups in total. The zero-order valence-corrected chi connectivity index (χ0v) is 15.2. The molecule has 0 atom stereocenters. The minimum absolute atomic E-state index is 0.246. The third-order valence-corrected chi connectivity index (χ3v) is 3.95. The van der Waals surface area contributed by atoms with E-state index in [-0.39, 0.29) is 6.61 Å². The van der Waals surface area contributed by atoms with E-state index in [1.54, 1.807) is 30.5 Å². The van der Waals surface area contributed by atoms with E-state index in [1.807, 2.05) is 31.2 Å². The predicted molar refractivity (Wildman–Crippen MR) is 102 cm³/mol. The Labute approximate surface area is 160 Å². The number of aromatic amines is 1. The number of halogens is 1. The number of aromatic nitrogens is 4. The van der Waals surface area contributed by atoms with Crippen LogP contribution in [0.5, 0.6) is 5.75 Å². The van der Waals surface area contributed by atoms with E-state index in [2.05, 4.69) is 25.5 Å². The van der Waals surface area contributed by atoms with Crippen LogP contribution in [0.3, 0.4) is 0 Å². The van der Waals surface area contributed by atoms with E-state index in [4.69, 9.17) is 20.8 Å². The molecule has 0 saturated carbocycles. The number of hydrogen-bond acceptors (Lipinski definition) is 6. The highest BCUT2D eigenvalue weighted by atomic mass is 35.5. The van der Waals surface area contributed by atoms with Crippen LogP contribution in [0, 0.1) is 6.92 Å². The van der Waals surface area contributed by atoms with Crippen molar-refractivity contribution in [3.63, 3.8) is 0 Å². The van der Waals surface area contributed by atoms with Gasteiger partial charge in [-0.05, 0) is 43.3 Å². The van der Waals surface area contributed by atoms with Gasteiger partial charge in [-0.25, -0.2) is 9.97 Å². The van der Waals surface area contributed by atoms with E-state index < -0.39 is 0 Å². The van der Waals surface area contributed by atoms with Crippen LogP contribution in [0.25, 0.3) is 11.5 Å². The Morgan fingerprint density at radius 1 is 1.11 bits per heavy atom. The van der Waals surface area contributed by atoms with Crippen molar-refractivity contribution in [2.45, 2.75) is 13.5 Å². The molecular formula is C19H16ClN5O2. The third kappa shape index (κ3) is 4.27. The predicted octanol–water partition coefficient (Wildman–Crippen LogP) is 4.74. The first-order valence-corrected chi connectivity index (χ1v) is 8.63. The van der Waals surface area contributed by atoms with Gasteiger partial charge in [-0.15, -0.1) is 0 Å². The minimum Gasteiger partial charge on any atom is -0.486 e. The van der Waals surface area contributed by atoms with Crippen LogP contribution >= 0.6 is 11.6 Å². The van der Waals surface area contributed by atoms with Gasteiger partial charge in [0.25, 0.3) is 0 Å². The topological polar surface area (TPSA) is 88.9 Å². The fourth-order valence-corrected chi connectivity index (χ4v) is 2.64. The van der Waals surface area contributed by atoms with Gasteiger partial charge in [0.15, 0.2) is 17.4 Å². The molecule has 7 nitrogen and oxygen atoms in total. The highest BCUT2D eigenvalue weighted by Gasteiger charge is 2.09. The Morgan fingerprint density at radius 2 is 1.96 bits per heavy atom. The lowest BCUT2D eigenvalue weighted by atomic mass is 10.3. The Kier molecular flexibility index (Phi) is 4.76. The number of furan rings is 1. The van der Waals surface area contributed by atoms with Crippen molar-refractivity contribution in [2.24, 2.45) is 0 Å². The average molecular weight is 382 g/mol. The molecule has 3 heterocycles. The quantitative estimate of drug-likeness (QED) is 0.501. The van der Waals surface area contributed by atoms with Crippen LogP contribution in [0.4, 0.5) is 11.6 Å². The first-order valence-electron chi connectivity index (χ1n) is 8.25. The first kappa shape index (κ1) is 17.1. The van der Waals surface area contributed by atoms with Crippen molar-refractivity contribution in [1.82, 2.24) is 20.2 Å². The number of ether oxygens (including phenoxy) is 1. The summed E-state index contributed by atoms with van der Waals surface area (Å²) >= 11 is 5.88. The Morgan fingerprint density at radius 3 is 2.74 bits per heavy atom.